The van der Waals surface area contributed by atoms with E-state index >= 15 is 0 Å². The molecule has 0 aliphatic carbocycles. The first kappa shape index (κ1) is 26.1. The number of cyclic esters (lactones) is 1. The van der Waals surface area contributed by atoms with Gasteiger partial charge in [0.1, 0.15) is 11.9 Å². The SMILES string of the molecule is CNC(=O)CC[C@]1(C)OC1C[C@@H]1CC(C/C=C/C=C(\C)Cc2ccc(Cl)c(OC)c2)NC(=O)O1. The Morgan fingerprint density at radius 1 is 1.41 bits per heavy atom. The van der Waals surface area contributed by atoms with E-state index in [1.165, 1.54) is 5.57 Å². The summed E-state index contributed by atoms with van der Waals surface area (Å²) in [5, 5.41) is 6.13. The quantitative estimate of drug-likeness (QED) is 0.346. The Balaban J connectivity index is 1.44. The third-order valence-electron chi connectivity index (χ3n) is 6.42. The summed E-state index contributed by atoms with van der Waals surface area (Å²) >= 11 is 6.09. The summed E-state index contributed by atoms with van der Waals surface area (Å²) in [4.78, 5) is 23.5. The molecule has 0 radical (unpaired) electrons. The van der Waals surface area contributed by atoms with Crippen LogP contribution in [0.3, 0.4) is 0 Å². The number of hydrogen-bond donors (Lipinski definition) is 2. The van der Waals surface area contributed by atoms with Gasteiger partial charge in [0.05, 0.1) is 23.8 Å². The Hall–Kier alpha value is -2.51. The molecule has 2 amide bonds. The van der Waals surface area contributed by atoms with Crippen LogP contribution in [0.4, 0.5) is 4.79 Å². The van der Waals surface area contributed by atoms with E-state index in [9.17, 15) is 9.59 Å². The Morgan fingerprint density at radius 2 is 2.21 bits per heavy atom. The Morgan fingerprint density at radius 3 is 2.94 bits per heavy atom. The number of alkyl carbamates (subject to hydrolysis) is 1. The zero-order valence-electron chi connectivity index (χ0n) is 20.4. The molecule has 4 atom stereocenters. The Labute approximate surface area is 206 Å². The fraction of sp³-hybridized carbons (Fsp3) is 0.538. The van der Waals surface area contributed by atoms with Gasteiger partial charge in [0.2, 0.25) is 5.91 Å². The molecule has 3 rings (SSSR count). The number of carbonyl (C=O) groups excluding carboxylic acids is 2. The van der Waals surface area contributed by atoms with Crippen LogP contribution in [0.1, 0.15) is 51.5 Å². The number of amides is 2. The average molecular weight is 491 g/mol. The zero-order valence-corrected chi connectivity index (χ0v) is 21.1. The minimum Gasteiger partial charge on any atom is -0.495 e. The molecular formula is C26H35ClN2O5. The van der Waals surface area contributed by atoms with Crippen molar-refractivity contribution in [1.29, 1.82) is 0 Å². The summed E-state index contributed by atoms with van der Waals surface area (Å²) in [7, 11) is 3.24. The molecule has 2 heterocycles. The molecule has 2 unspecified atom stereocenters. The van der Waals surface area contributed by atoms with Crippen molar-refractivity contribution in [2.45, 2.75) is 76.2 Å². The maximum Gasteiger partial charge on any atom is 0.407 e. The van der Waals surface area contributed by atoms with Crippen molar-refractivity contribution in [2.75, 3.05) is 14.2 Å². The fourth-order valence-corrected chi connectivity index (χ4v) is 4.47. The maximum absolute atomic E-state index is 12.0. The van der Waals surface area contributed by atoms with Crippen LogP contribution >= 0.6 is 11.6 Å². The minimum absolute atomic E-state index is 0.00722. The van der Waals surface area contributed by atoms with Gasteiger partial charge < -0.3 is 24.8 Å². The number of rotatable bonds is 11. The predicted molar refractivity (Wildman–Crippen MR) is 132 cm³/mol. The third-order valence-corrected chi connectivity index (χ3v) is 6.73. The van der Waals surface area contributed by atoms with Gasteiger partial charge in [-0.1, -0.05) is 41.5 Å². The summed E-state index contributed by atoms with van der Waals surface area (Å²) in [5.41, 5.74) is 2.03. The summed E-state index contributed by atoms with van der Waals surface area (Å²) in [6, 6.07) is 5.82. The van der Waals surface area contributed by atoms with Crippen LogP contribution in [0, 0.1) is 0 Å². The number of methoxy groups -OCH3 is 1. The molecule has 2 aliphatic rings. The van der Waals surface area contributed by atoms with Crippen LogP contribution in [0.15, 0.2) is 42.0 Å². The maximum atomic E-state index is 12.0. The van der Waals surface area contributed by atoms with Crippen LogP contribution < -0.4 is 15.4 Å². The van der Waals surface area contributed by atoms with E-state index in [0.717, 1.165) is 24.8 Å². The topological polar surface area (TPSA) is 89.2 Å². The Kier molecular flexibility index (Phi) is 9.03. The second kappa shape index (κ2) is 11.8. The van der Waals surface area contributed by atoms with Gasteiger partial charge in [-0.25, -0.2) is 4.79 Å². The van der Waals surface area contributed by atoms with E-state index < -0.39 is 0 Å². The van der Waals surface area contributed by atoms with Gasteiger partial charge in [0, 0.05) is 32.4 Å². The van der Waals surface area contributed by atoms with Gasteiger partial charge in [0.25, 0.3) is 0 Å². The van der Waals surface area contributed by atoms with Crippen molar-refractivity contribution in [3.63, 3.8) is 0 Å². The second-order valence-electron chi connectivity index (χ2n) is 9.25. The van der Waals surface area contributed by atoms with Crippen LogP contribution in [0.25, 0.3) is 0 Å². The lowest BCUT2D eigenvalue weighted by molar-refractivity contribution is -0.120. The lowest BCUT2D eigenvalue weighted by Crippen LogP contribution is -2.45. The molecule has 34 heavy (non-hydrogen) atoms. The molecule has 186 valence electrons. The summed E-state index contributed by atoms with van der Waals surface area (Å²) in [5.74, 6) is 0.684. The summed E-state index contributed by atoms with van der Waals surface area (Å²) in [6.45, 7) is 4.09. The van der Waals surface area contributed by atoms with E-state index in [1.54, 1.807) is 14.2 Å². The molecule has 1 aromatic carbocycles. The lowest BCUT2D eigenvalue weighted by atomic mass is 9.94. The number of epoxide rings is 1. The zero-order chi connectivity index (χ0) is 24.7. The number of benzene rings is 1. The highest BCUT2D eigenvalue weighted by Gasteiger charge is 2.53. The second-order valence-corrected chi connectivity index (χ2v) is 9.66. The molecule has 2 N–H and O–H groups in total. The molecule has 0 aromatic heterocycles. The normalized spacial score (nSPS) is 26.7. The third kappa shape index (κ3) is 7.50. The first-order chi connectivity index (χ1) is 16.2. The van der Waals surface area contributed by atoms with Gasteiger partial charge >= 0.3 is 6.09 Å². The summed E-state index contributed by atoms with van der Waals surface area (Å²) < 4.78 is 16.6. The molecule has 8 heteroatoms. The van der Waals surface area contributed by atoms with Crippen LogP contribution in [-0.4, -0.2) is 50.0 Å². The number of allylic oxidation sites excluding steroid dienone is 3. The highest BCUT2D eigenvalue weighted by molar-refractivity contribution is 6.32. The van der Waals surface area contributed by atoms with E-state index in [0.29, 0.717) is 30.0 Å². The minimum atomic E-state index is -0.384. The van der Waals surface area contributed by atoms with E-state index in [4.69, 9.17) is 25.8 Å². The number of ether oxygens (including phenoxy) is 3. The van der Waals surface area contributed by atoms with Crippen molar-refractivity contribution in [2.24, 2.45) is 0 Å². The number of hydrogen-bond acceptors (Lipinski definition) is 5. The molecule has 0 spiro atoms. The van der Waals surface area contributed by atoms with Crippen molar-refractivity contribution >= 4 is 23.6 Å². The standard InChI is InChI=1S/C26H35ClN2O5/c1-17(13-18-9-10-21(27)22(14-18)32-4)7-5-6-8-19-15-20(33-25(31)29-19)16-23-26(2,34-23)12-11-24(30)28-3/h5-7,9-10,14,19-20,23H,8,11-13,15-16H2,1-4H3,(H,28,30)(H,29,31)/b6-5+,17-7+/t19?,20-,23?,26-/m0/s1. The highest BCUT2D eigenvalue weighted by Crippen LogP contribution is 2.44. The molecule has 2 fully saturated rings. The lowest BCUT2D eigenvalue weighted by Gasteiger charge is -2.29. The molecule has 0 saturated carbocycles. The van der Waals surface area contributed by atoms with E-state index in [1.807, 2.05) is 31.2 Å². The Bertz CT molecular complexity index is 947. The molecule has 2 saturated heterocycles. The highest BCUT2D eigenvalue weighted by atomic mass is 35.5. The number of nitrogens with one attached hydrogen (secondary N) is 2. The van der Waals surface area contributed by atoms with Gasteiger partial charge in [0.15, 0.2) is 0 Å². The molecule has 0 bridgehead atoms. The number of halogens is 1. The monoisotopic (exact) mass is 490 g/mol. The average Bonchev–Trinajstić information content (AvgIpc) is 3.44. The largest absolute Gasteiger partial charge is 0.495 e. The molecule has 1 aromatic rings. The van der Waals surface area contributed by atoms with Crippen molar-refractivity contribution in [1.82, 2.24) is 10.6 Å². The smallest absolute Gasteiger partial charge is 0.407 e. The van der Waals surface area contributed by atoms with Crippen LogP contribution in [0.2, 0.25) is 5.02 Å². The van der Waals surface area contributed by atoms with E-state index in [-0.39, 0.29) is 35.9 Å². The predicted octanol–water partition coefficient (Wildman–Crippen LogP) is 4.72. The molecular weight excluding hydrogens is 456 g/mol. The summed E-state index contributed by atoms with van der Waals surface area (Å²) in [6.07, 6.45) is 9.63. The van der Waals surface area contributed by atoms with Gasteiger partial charge in [-0.05, 0) is 50.8 Å². The van der Waals surface area contributed by atoms with Crippen molar-refractivity contribution in [3.05, 3.63) is 52.6 Å². The van der Waals surface area contributed by atoms with Crippen molar-refractivity contribution in [3.8, 4) is 5.75 Å². The van der Waals surface area contributed by atoms with Crippen LogP contribution in [0.5, 0.6) is 5.75 Å². The van der Waals surface area contributed by atoms with Crippen LogP contribution in [-0.2, 0) is 20.7 Å². The van der Waals surface area contributed by atoms with Gasteiger partial charge in [-0.2, -0.15) is 0 Å². The van der Waals surface area contributed by atoms with Gasteiger partial charge in [-0.15, -0.1) is 0 Å². The first-order valence-electron chi connectivity index (χ1n) is 11.7. The number of carbonyl (C=O) groups is 2. The van der Waals surface area contributed by atoms with Crippen molar-refractivity contribution < 1.29 is 23.8 Å². The first-order valence-corrected chi connectivity index (χ1v) is 12.1. The van der Waals surface area contributed by atoms with Gasteiger partial charge in [-0.3, -0.25) is 4.79 Å². The molecule has 2 aliphatic heterocycles. The molecule has 7 nitrogen and oxygen atoms in total. The van der Waals surface area contributed by atoms with E-state index in [2.05, 4.69) is 29.7 Å². The fourth-order valence-electron chi connectivity index (χ4n) is 4.28.